The summed E-state index contributed by atoms with van der Waals surface area (Å²) in [5, 5.41) is 10.9. The van der Waals surface area contributed by atoms with Gasteiger partial charge in [-0.15, -0.1) is 0 Å². The van der Waals surface area contributed by atoms with Crippen molar-refractivity contribution in [3.05, 3.63) is 63.2 Å². The molecule has 0 heterocycles. The summed E-state index contributed by atoms with van der Waals surface area (Å²) >= 11 is 5.75. The van der Waals surface area contributed by atoms with Crippen molar-refractivity contribution >= 4 is 17.3 Å². The Kier molecular flexibility index (Phi) is 4.42. The standard InChI is InChI=1S/C14H12ClNO4/c1-19-13-4-2-3-5-14(13)20-9-10-6-7-11(15)12(8-10)16(17)18/h2-8H,9H2,1H3. The molecule has 2 aromatic carbocycles. The molecule has 0 saturated heterocycles. The Balaban J connectivity index is 2.15. The number of hydrogen-bond donors (Lipinski definition) is 0. The number of hydrogen-bond acceptors (Lipinski definition) is 4. The average molecular weight is 294 g/mol. The van der Waals surface area contributed by atoms with Crippen LogP contribution in [0.1, 0.15) is 5.56 Å². The van der Waals surface area contributed by atoms with Crippen molar-refractivity contribution in [2.24, 2.45) is 0 Å². The van der Waals surface area contributed by atoms with E-state index in [0.717, 1.165) is 0 Å². The second kappa shape index (κ2) is 6.25. The molecule has 0 radical (unpaired) electrons. The zero-order valence-electron chi connectivity index (χ0n) is 10.7. The van der Waals surface area contributed by atoms with Crippen LogP contribution < -0.4 is 9.47 Å². The molecule has 0 amide bonds. The van der Waals surface area contributed by atoms with E-state index in [9.17, 15) is 10.1 Å². The van der Waals surface area contributed by atoms with E-state index in [1.807, 2.05) is 12.1 Å². The number of nitro groups is 1. The van der Waals surface area contributed by atoms with Crippen LogP contribution in [0.2, 0.25) is 5.02 Å². The smallest absolute Gasteiger partial charge is 0.288 e. The summed E-state index contributed by atoms with van der Waals surface area (Å²) in [6, 6.07) is 11.8. The van der Waals surface area contributed by atoms with Gasteiger partial charge in [-0.3, -0.25) is 10.1 Å². The van der Waals surface area contributed by atoms with Crippen LogP contribution in [0.3, 0.4) is 0 Å². The number of nitrogens with zero attached hydrogens (tertiary/aromatic N) is 1. The Labute approximate surface area is 120 Å². The van der Waals surface area contributed by atoms with E-state index in [1.165, 1.54) is 12.1 Å². The number of rotatable bonds is 5. The van der Waals surface area contributed by atoms with Crippen LogP contribution >= 0.6 is 11.6 Å². The molecule has 2 aromatic rings. The van der Waals surface area contributed by atoms with Crippen molar-refractivity contribution in [1.82, 2.24) is 0 Å². The lowest BCUT2D eigenvalue weighted by Crippen LogP contribution is -1.99. The van der Waals surface area contributed by atoms with E-state index >= 15 is 0 Å². The Morgan fingerprint density at radius 1 is 1.20 bits per heavy atom. The van der Waals surface area contributed by atoms with Gasteiger partial charge in [0.05, 0.1) is 12.0 Å². The number of halogens is 1. The largest absolute Gasteiger partial charge is 0.493 e. The van der Waals surface area contributed by atoms with Gasteiger partial charge >= 0.3 is 0 Å². The molecule has 0 aliphatic rings. The van der Waals surface area contributed by atoms with Crippen LogP contribution in [0.25, 0.3) is 0 Å². The maximum Gasteiger partial charge on any atom is 0.288 e. The average Bonchev–Trinajstić information content (AvgIpc) is 2.46. The minimum absolute atomic E-state index is 0.107. The van der Waals surface area contributed by atoms with Gasteiger partial charge in [-0.25, -0.2) is 0 Å². The summed E-state index contributed by atoms with van der Waals surface area (Å²) in [6.45, 7) is 0.193. The summed E-state index contributed by atoms with van der Waals surface area (Å²) in [6.07, 6.45) is 0. The Morgan fingerprint density at radius 2 is 1.90 bits per heavy atom. The lowest BCUT2D eigenvalue weighted by Gasteiger charge is -2.10. The zero-order valence-corrected chi connectivity index (χ0v) is 11.5. The second-order valence-electron chi connectivity index (χ2n) is 3.98. The zero-order chi connectivity index (χ0) is 14.5. The van der Waals surface area contributed by atoms with E-state index in [4.69, 9.17) is 21.1 Å². The van der Waals surface area contributed by atoms with Gasteiger partial charge < -0.3 is 9.47 Å². The molecule has 0 fully saturated rings. The molecule has 0 aliphatic carbocycles. The van der Waals surface area contributed by atoms with Crippen molar-refractivity contribution in [3.63, 3.8) is 0 Å². The van der Waals surface area contributed by atoms with E-state index in [-0.39, 0.29) is 17.3 Å². The first-order chi connectivity index (χ1) is 9.61. The van der Waals surface area contributed by atoms with Crippen molar-refractivity contribution in [2.75, 3.05) is 7.11 Å². The molecule has 0 bridgehead atoms. The van der Waals surface area contributed by atoms with Crippen molar-refractivity contribution in [2.45, 2.75) is 6.61 Å². The monoisotopic (exact) mass is 293 g/mol. The third-order valence-electron chi connectivity index (χ3n) is 2.67. The van der Waals surface area contributed by atoms with Crippen LogP contribution in [-0.2, 0) is 6.61 Å². The molecule has 0 aromatic heterocycles. The van der Waals surface area contributed by atoms with Gasteiger partial charge in [-0.05, 0) is 23.8 Å². The van der Waals surface area contributed by atoms with Crippen LogP contribution in [0, 0.1) is 10.1 Å². The lowest BCUT2D eigenvalue weighted by molar-refractivity contribution is -0.384. The number of benzene rings is 2. The van der Waals surface area contributed by atoms with E-state index in [0.29, 0.717) is 17.1 Å². The molecule has 0 spiro atoms. The number of ether oxygens (including phenoxy) is 2. The van der Waals surface area contributed by atoms with Crippen molar-refractivity contribution in [1.29, 1.82) is 0 Å². The van der Waals surface area contributed by atoms with Gasteiger partial charge in [0.1, 0.15) is 11.6 Å². The summed E-state index contributed by atoms with van der Waals surface area (Å²) in [5.74, 6) is 1.18. The highest BCUT2D eigenvalue weighted by molar-refractivity contribution is 6.32. The van der Waals surface area contributed by atoms with Crippen LogP contribution in [0.5, 0.6) is 11.5 Å². The summed E-state index contributed by atoms with van der Waals surface area (Å²) < 4.78 is 10.8. The fourth-order valence-electron chi connectivity index (χ4n) is 1.69. The molecular formula is C14H12ClNO4. The molecule has 0 saturated carbocycles. The molecular weight excluding hydrogens is 282 g/mol. The van der Waals surface area contributed by atoms with Crippen LogP contribution in [0.15, 0.2) is 42.5 Å². The molecule has 20 heavy (non-hydrogen) atoms. The van der Waals surface area contributed by atoms with E-state index in [1.54, 1.807) is 25.3 Å². The highest BCUT2D eigenvalue weighted by Gasteiger charge is 2.13. The van der Waals surface area contributed by atoms with Crippen molar-refractivity contribution < 1.29 is 14.4 Å². The fraction of sp³-hybridized carbons (Fsp3) is 0.143. The summed E-state index contributed by atoms with van der Waals surface area (Å²) in [7, 11) is 1.55. The Bertz CT molecular complexity index is 630. The Hall–Kier alpha value is -2.27. The summed E-state index contributed by atoms with van der Waals surface area (Å²) in [4.78, 5) is 10.3. The summed E-state index contributed by atoms with van der Waals surface area (Å²) in [5.41, 5.74) is 0.528. The molecule has 0 aliphatic heterocycles. The maximum atomic E-state index is 10.8. The van der Waals surface area contributed by atoms with Gasteiger partial charge in [0.2, 0.25) is 0 Å². The predicted molar refractivity (Wildman–Crippen MR) is 75.4 cm³/mol. The third kappa shape index (κ3) is 3.19. The molecule has 0 unspecified atom stereocenters. The molecule has 6 heteroatoms. The molecule has 0 N–H and O–H groups in total. The molecule has 5 nitrogen and oxygen atoms in total. The van der Waals surface area contributed by atoms with Crippen LogP contribution in [0.4, 0.5) is 5.69 Å². The lowest BCUT2D eigenvalue weighted by atomic mass is 10.2. The minimum atomic E-state index is -0.519. The van der Waals surface area contributed by atoms with Gasteiger partial charge in [0.15, 0.2) is 11.5 Å². The molecule has 104 valence electrons. The highest BCUT2D eigenvalue weighted by atomic mass is 35.5. The minimum Gasteiger partial charge on any atom is -0.493 e. The Morgan fingerprint density at radius 3 is 2.55 bits per heavy atom. The second-order valence-corrected chi connectivity index (χ2v) is 4.39. The van der Waals surface area contributed by atoms with Gasteiger partial charge in [-0.2, -0.15) is 0 Å². The SMILES string of the molecule is COc1ccccc1OCc1ccc(Cl)c([N+](=O)[O-])c1. The first kappa shape index (κ1) is 14.1. The van der Waals surface area contributed by atoms with E-state index < -0.39 is 4.92 Å². The number of methoxy groups -OCH3 is 1. The normalized spacial score (nSPS) is 10.1. The topological polar surface area (TPSA) is 61.6 Å². The highest BCUT2D eigenvalue weighted by Crippen LogP contribution is 2.28. The first-order valence-corrected chi connectivity index (χ1v) is 6.18. The quantitative estimate of drug-likeness (QED) is 0.621. The fourth-order valence-corrected chi connectivity index (χ4v) is 1.87. The van der Waals surface area contributed by atoms with Gasteiger partial charge in [-0.1, -0.05) is 29.8 Å². The third-order valence-corrected chi connectivity index (χ3v) is 2.99. The van der Waals surface area contributed by atoms with Gasteiger partial charge in [0.25, 0.3) is 5.69 Å². The van der Waals surface area contributed by atoms with Crippen LogP contribution in [-0.4, -0.2) is 12.0 Å². The molecule has 0 atom stereocenters. The molecule has 2 rings (SSSR count). The number of para-hydroxylation sites is 2. The van der Waals surface area contributed by atoms with Crippen molar-refractivity contribution in [3.8, 4) is 11.5 Å². The van der Waals surface area contributed by atoms with E-state index in [2.05, 4.69) is 0 Å². The first-order valence-electron chi connectivity index (χ1n) is 5.80. The predicted octanol–water partition coefficient (Wildman–Crippen LogP) is 3.84. The maximum absolute atomic E-state index is 10.8. The number of nitro benzene ring substituents is 1. The van der Waals surface area contributed by atoms with Gasteiger partial charge in [0, 0.05) is 6.07 Å².